The van der Waals surface area contributed by atoms with Crippen LogP contribution >= 0.6 is 23.1 Å². The van der Waals surface area contributed by atoms with Crippen LogP contribution in [-0.4, -0.2) is 34.9 Å². The smallest absolute Gasteiger partial charge is 0.316 e. The Hall–Kier alpha value is -2.71. The van der Waals surface area contributed by atoms with E-state index < -0.39 is 0 Å². The van der Waals surface area contributed by atoms with Gasteiger partial charge in [-0.25, -0.2) is 0 Å². The van der Waals surface area contributed by atoms with Gasteiger partial charge >= 0.3 is 5.97 Å². The first-order valence-electron chi connectivity index (χ1n) is 8.11. The Morgan fingerprint density at radius 1 is 1.04 bits per heavy atom. The van der Waals surface area contributed by atoms with Gasteiger partial charge in [0, 0.05) is 0 Å². The topological polar surface area (TPSA) is 81.2 Å². The van der Waals surface area contributed by atoms with Gasteiger partial charge in [0.25, 0.3) is 0 Å². The molecule has 0 aliphatic heterocycles. The van der Waals surface area contributed by atoms with Crippen molar-refractivity contribution in [3.8, 4) is 11.1 Å². The van der Waals surface area contributed by atoms with Crippen LogP contribution in [0.2, 0.25) is 0 Å². The number of amides is 1. The van der Waals surface area contributed by atoms with Crippen molar-refractivity contribution < 1.29 is 14.3 Å². The van der Waals surface area contributed by atoms with E-state index in [1.807, 2.05) is 54.6 Å². The zero-order valence-electron chi connectivity index (χ0n) is 14.5. The third-order valence-corrected chi connectivity index (χ3v) is 5.57. The molecule has 8 heteroatoms. The van der Waals surface area contributed by atoms with Crippen LogP contribution in [0, 0.1) is 0 Å². The molecule has 1 heterocycles. The molecule has 3 rings (SSSR count). The summed E-state index contributed by atoms with van der Waals surface area (Å²) in [5, 5.41) is 11.0. The van der Waals surface area contributed by atoms with Gasteiger partial charge in [-0.15, -0.1) is 10.2 Å². The molecule has 27 heavy (non-hydrogen) atoms. The predicted octanol–water partition coefficient (Wildman–Crippen LogP) is 3.65. The van der Waals surface area contributed by atoms with Crippen LogP contribution in [0.5, 0.6) is 0 Å². The highest BCUT2D eigenvalue weighted by atomic mass is 32.2. The molecule has 0 aliphatic rings. The quantitative estimate of drug-likeness (QED) is 0.371. The number of aromatic nitrogens is 2. The average molecular weight is 399 g/mol. The van der Waals surface area contributed by atoms with Crippen molar-refractivity contribution in [1.82, 2.24) is 10.2 Å². The maximum atomic E-state index is 12.2. The third-order valence-electron chi connectivity index (χ3n) is 3.62. The SMILES string of the molecule is COC(=O)CSc1nnc(NC(=O)Cc2ccc(-c3ccccc3)cc2)s1. The Balaban J connectivity index is 1.53. The number of nitrogens with zero attached hydrogens (tertiary/aromatic N) is 2. The minimum atomic E-state index is -0.334. The highest BCUT2D eigenvalue weighted by Gasteiger charge is 2.11. The average Bonchev–Trinajstić information content (AvgIpc) is 3.14. The predicted molar refractivity (Wildman–Crippen MR) is 107 cm³/mol. The van der Waals surface area contributed by atoms with Crippen molar-refractivity contribution in [2.75, 3.05) is 18.2 Å². The van der Waals surface area contributed by atoms with Crippen LogP contribution in [0.3, 0.4) is 0 Å². The van der Waals surface area contributed by atoms with Crippen LogP contribution in [0.1, 0.15) is 5.56 Å². The van der Waals surface area contributed by atoms with Gasteiger partial charge in [0.2, 0.25) is 11.0 Å². The van der Waals surface area contributed by atoms with Gasteiger partial charge in [-0.3, -0.25) is 9.59 Å². The molecule has 1 amide bonds. The van der Waals surface area contributed by atoms with E-state index in [-0.39, 0.29) is 24.1 Å². The Bertz CT molecular complexity index is 911. The molecule has 0 atom stereocenters. The Morgan fingerprint density at radius 2 is 1.74 bits per heavy atom. The first kappa shape index (κ1) is 19.1. The van der Waals surface area contributed by atoms with Gasteiger partial charge in [-0.05, 0) is 16.7 Å². The summed E-state index contributed by atoms with van der Waals surface area (Å²) in [6.45, 7) is 0. The lowest BCUT2D eigenvalue weighted by molar-refractivity contribution is -0.137. The Labute approximate surface area is 165 Å². The molecular weight excluding hydrogens is 382 g/mol. The molecule has 0 aliphatic carbocycles. The Morgan fingerprint density at radius 3 is 2.44 bits per heavy atom. The first-order valence-corrected chi connectivity index (χ1v) is 9.91. The van der Waals surface area contributed by atoms with Gasteiger partial charge in [-0.2, -0.15) is 0 Å². The third kappa shape index (κ3) is 5.63. The van der Waals surface area contributed by atoms with Crippen LogP contribution in [0.15, 0.2) is 58.9 Å². The van der Waals surface area contributed by atoms with Crippen molar-refractivity contribution in [3.05, 3.63) is 60.2 Å². The van der Waals surface area contributed by atoms with E-state index in [0.29, 0.717) is 9.47 Å². The van der Waals surface area contributed by atoms with Crippen LogP contribution in [-0.2, 0) is 20.7 Å². The molecule has 3 aromatic rings. The van der Waals surface area contributed by atoms with Crippen LogP contribution in [0.25, 0.3) is 11.1 Å². The fraction of sp³-hybridized carbons (Fsp3) is 0.158. The summed E-state index contributed by atoms with van der Waals surface area (Å²) < 4.78 is 5.17. The van der Waals surface area contributed by atoms with Crippen molar-refractivity contribution in [2.45, 2.75) is 10.8 Å². The number of rotatable bonds is 7. The summed E-state index contributed by atoms with van der Waals surface area (Å²) in [5.74, 6) is -0.338. The second-order valence-electron chi connectivity index (χ2n) is 5.53. The second-order valence-corrected chi connectivity index (χ2v) is 7.73. The zero-order valence-corrected chi connectivity index (χ0v) is 16.2. The number of carbonyl (C=O) groups is 2. The van der Waals surface area contributed by atoms with Gasteiger partial charge in [0.05, 0.1) is 19.3 Å². The minimum Gasteiger partial charge on any atom is -0.468 e. The maximum Gasteiger partial charge on any atom is 0.316 e. The molecule has 1 N–H and O–H groups in total. The van der Waals surface area contributed by atoms with Crippen LogP contribution in [0.4, 0.5) is 5.13 Å². The molecule has 138 valence electrons. The van der Waals surface area contributed by atoms with Crippen molar-refractivity contribution >= 4 is 40.1 Å². The summed E-state index contributed by atoms with van der Waals surface area (Å²) in [5.41, 5.74) is 3.16. The van der Waals surface area contributed by atoms with E-state index in [1.54, 1.807) is 0 Å². The van der Waals surface area contributed by atoms with E-state index in [4.69, 9.17) is 0 Å². The molecule has 0 bridgehead atoms. The summed E-state index contributed by atoms with van der Waals surface area (Å²) in [4.78, 5) is 23.3. The molecule has 0 fully saturated rings. The fourth-order valence-electron chi connectivity index (χ4n) is 2.29. The van der Waals surface area contributed by atoms with Crippen molar-refractivity contribution in [3.63, 3.8) is 0 Å². The fourth-order valence-corrected chi connectivity index (χ4v) is 3.89. The lowest BCUT2D eigenvalue weighted by Crippen LogP contribution is -2.14. The highest BCUT2D eigenvalue weighted by Crippen LogP contribution is 2.25. The lowest BCUT2D eigenvalue weighted by Gasteiger charge is -2.04. The summed E-state index contributed by atoms with van der Waals surface area (Å²) in [6.07, 6.45) is 0.249. The van der Waals surface area contributed by atoms with Crippen LogP contribution < -0.4 is 5.32 Å². The summed E-state index contributed by atoms with van der Waals surface area (Å²) in [7, 11) is 1.33. The standard InChI is InChI=1S/C19H17N3O3S2/c1-25-17(24)12-26-19-22-21-18(27-19)20-16(23)11-13-7-9-15(10-8-13)14-5-3-2-4-6-14/h2-10H,11-12H2,1H3,(H,20,21,23). The number of ether oxygens (including phenoxy) is 1. The molecular formula is C19H17N3O3S2. The molecule has 0 saturated heterocycles. The number of anilines is 1. The number of hydrogen-bond acceptors (Lipinski definition) is 7. The normalized spacial score (nSPS) is 10.4. The summed E-state index contributed by atoms with van der Waals surface area (Å²) >= 11 is 2.45. The summed E-state index contributed by atoms with van der Waals surface area (Å²) in [6, 6.07) is 18.0. The maximum absolute atomic E-state index is 12.2. The molecule has 2 aromatic carbocycles. The van der Waals surface area contributed by atoms with E-state index in [1.165, 1.54) is 30.2 Å². The monoisotopic (exact) mass is 399 g/mol. The lowest BCUT2D eigenvalue weighted by atomic mass is 10.0. The molecule has 0 unspecified atom stereocenters. The molecule has 0 radical (unpaired) electrons. The van der Waals surface area contributed by atoms with E-state index in [0.717, 1.165) is 16.7 Å². The number of hydrogen-bond donors (Lipinski definition) is 1. The number of nitrogens with one attached hydrogen (secondary N) is 1. The van der Waals surface area contributed by atoms with Gasteiger partial charge in [0.15, 0.2) is 4.34 Å². The van der Waals surface area contributed by atoms with Gasteiger partial charge in [-0.1, -0.05) is 77.7 Å². The molecule has 6 nitrogen and oxygen atoms in total. The second kappa shape index (κ2) is 9.29. The largest absolute Gasteiger partial charge is 0.468 e. The molecule has 0 spiro atoms. The minimum absolute atomic E-state index is 0.160. The van der Waals surface area contributed by atoms with E-state index in [2.05, 4.69) is 20.3 Å². The molecule has 1 aromatic heterocycles. The number of esters is 1. The number of methoxy groups -OCH3 is 1. The number of carbonyl (C=O) groups excluding carboxylic acids is 2. The molecule has 0 saturated carbocycles. The van der Waals surface area contributed by atoms with Gasteiger partial charge in [0.1, 0.15) is 0 Å². The van der Waals surface area contributed by atoms with E-state index in [9.17, 15) is 9.59 Å². The van der Waals surface area contributed by atoms with Gasteiger partial charge < -0.3 is 10.1 Å². The van der Waals surface area contributed by atoms with Crippen molar-refractivity contribution in [2.24, 2.45) is 0 Å². The highest BCUT2D eigenvalue weighted by molar-refractivity contribution is 8.01. The van der Waals surface area contributed by atoms with E-state index >= 15 is 0 Å². The Kier molecular flexibility index (Phi) is 6.56. The zero-order chi connectivity index (χ0) is 19.1. The number of benzene rings is 2. The number of thioether (sulfide) groups is 1. The van der Waals surface area contributed by atoms with Crippen molar-refractivity contribution in [1.29, 1.82) is 0 Å². The first-order chi connectivity index (χ1) is 13.1.